The van der Waals surface area contributed by atoms with E-state index < -0.39 is 97.2 Å². The molecule has 0 spiro atoms. The monoisotopic (exact) mass is 675 g/mol. The molecule has 0 aliphatic carbocycles. The van der Waals surface area contributed by atoms with Gasteiger partial charge in [0.15, 0.2) is 12.6 Å². The lowest BCUT2D eigenvalue weighted by Crippen LogP contribution is -2.57. The molecule has 0 unspecified atom stereocenters. The summed E-state index contributed by atoms with van der Waals surface area (Å²) in [5.74, 6) is -3.04. The Morgan fingerprint density at radius 1 is 0.681 bits per heavy atom. The first kappa shape index (κ1) is 40.5. The number of esters is 1. The summed E-state index contributed by atoms with van der Waals surface area (Å²) in [6.07, 6.45) is -7.06. The Bertz CT molecular complexity index is 972. The number of nitrogens with zero attached hydrogens (tertiary/aromatic N) is 1. The second-order valence-corrected chi connectivity index (χ2v) is 15.2. The summed E-state index contributed by atoms with van der Waals surface area (Å²) in [4.78, 5) is 15.8. The van der Waals surface area contributed by atoms with Crippen LogP contribution in [-0.4, -0.2) is 132 Å². The van der Waals surface area contributed by atoms with Gasteiger partial charge in [0.25, 0.3) is 0 Å². The zero-order chi connectivity index (χ0) is 35.5. The highest BCUT2D eigenvalue weighted by molar-refractivity contribution is 5.73. The quantitative estimate of drug-likeness (QED) is 0.306. The average Bonchev–Trinajstić information content (AvgIpc) is 3.02. The lowest BCUT2D eigenvalue weighted by molar-refractivity contribution is -0.299. The summed E-state index contributed by atoms with van der Waals surface area (Å²) in [5.41, 5.74) is 0. The van der Waals surface area contributed by atoms with Crippen LogP contribution in [-0.2, 0) is 33.2 Å². The molecule has 0 aromatic rings. The van der Waals surface area contributed by atoms with Crippen molar-refractivity contribution in [2.24, 2.45) is 35.5 Å². The van der Waals surface area contributed by atoms with E-state index in [9.17, 15) is 25.2 Å². The van der Waals surface area contributed by atoms with Crippen molar-refractivity contribution in [1.29, 1.82) is 0 Å². The summed E-state index contributed by atoms with van der Waals surface area (Å²) >= 11 is 0. The van der Waals surface area contributed by atoms with E-state index in [1.165, 1.54) is 7.11 Å². The van der Waals surface area contributed by atoms with Crippen LogP contribution in [0.15, 0.2) is 0 Å². The average molecular weight is 676 g/mol. The van der Waals surface area contributed by atoms with Crippen LogP contribution in [0.5, 0.6) is 0 Å². The van der Waals surface area contributed by atoms with Gasteiger partial charge in [0.1, 0.15) is 18.3 Å². The second-order valence-electron chi connectivity index (χ2n) is 15.2. The van der Waals surface area contributed by atoms with Gasteiger partial charge >= 0.3 is 5.97 Å². The van der Waals surface area contributed by atoms with Gasteiger partial charge in [0, 0.05) is 37.3 Å². The Morgan fingerprint density at radius 3 is 1.91 bits per heavy atom. The minimum Gasteiger partial charge on any atom is -0.462 e. The molecule has 19 atom stereocenters. The van der Waals surface area contributed by atoms with Crippen LogP contribution >= 0.6 is 0 Å². The van der Waals surface area contributed by atoms with Crippen LogP contribution in [0.3, 0.4) is 0 Å². The third kappa shape index (κ3) is 9.65. The summed E-state index contributed by atoms with van der Waals surface area (Å²) in [6.45, 7) is 16.8. The van der Waals surface area contributed by atoms with Crippen molar-refractivity contribution in [3.8, 4) is 0 Å². The molecule has 276 valence electrons. The molecular formula is C35H65NO11. The van der Waals surface area contributed by atoms with Crippen molar-refractivity contribution < 1.29 is 53.6 Å². The number of ether oxygens (including phenoxy) is 6. The largest absolute Gasteiger partial charge is 0.462 e. The lowest BCUT2D eigenvalue weighted by atomic mass is 9.76. The molecule has 0 aromatic carbocycles. The molecule has 3 heterocycles. The Hall–Kier alpha value is -0.930. The fourth-order valence-corrected chi connectivity index (χ4v) is 7.84. The molecule has 3 aliphatic rings. The summed E-state index contributed by atoms with van der Waals surface area (Å²) in [5, 5.41) is 44.6. The molecule has 3 saturated heterocycles. The van der Waals surface area contributed by atoms with Crippen molar-refractivity contribution in [2.75, 3.05) is 21.2 Å². The van der Waals surface area contributed by atoms with Gasteiger partial charge in [-0.1, -0.05) is 34.6 Å². The smallest absolute Gasteiger partial charge is 0.311 e. The van der Waals surface area contributed by atoms with Crippen molar-refractivity contribution in [3.05, 3.63) is 0 Å². The van der Waals surface area contributed by atoms with Crippen molar-refractivity contribution >= 4 is 5.97 Å². The van der Waals surface area contributed by atoms with E-state index in [4.69, 9.17) is 28.4 Å². The van der Waals surface area contributed by atoms with E-state index in [1.54, 1.807) is 20.8 Å². The van der Waals surface area contributed by atoms with Gasteiger partial charge in [-0.05, 0) is 66.5 Å². The predicted molar refractivity (Wildman–Crippen MR) is 175 cm³/mol. The van der Waals surface area contributed by atoms with Crippen molar-refractivity contribution in [3.63, 3.8) is 0 Å². The number of methoxy groups -OCH3 is 1. The first-order chi connectivity index (χ1) is 21.9. The van der Waals surface area contributed by atoms with E-state index in [0.29, 0.717) is 12.8 Å². The zero-order valence-electron chi connectivity index (χ0n) is 30.7. The summed E-state index contributed by atoms with van der Waals surface area (Å²) in [7, 11) is 5.37. The maximum absolute atomic E-state index is 13.8. The molecule has 0 aromatic heterocycles. The SMILES string of the molecule is CO[C@H]1C[C@H](O[C@H]2[C@H](C)[C@@H](O[C@@H]3O[C@H](C)C[C@H](N(C)C)[C@H]3O)[C@@H](C)C[C@@H](C)[C@@H](O)[C@H](C)[C@@H](O)[C@@H](C)[C@@H](C)OC(=O)[C@@H]2C)O[C@@H](C)[C@@H]1O. The number of likely N-dealkylation sites (N-methyl/N-ethyl adjacent to an activating group) is 1. The van der Waals surface area contributed by atoms with Gasteiger partial charge in [-0.2, -0.15) is 0 Å². The van der Waals surface area contributed by atoms with Crippen molar-refractivity contribution in [2.45, 2.75) is 161 Å². The normalized spacial score (nSPS) is 49.7. The predicted octanol–water partition coefficient (Wildman–Crippen LogP) is 2.57. The fourth-order valence-electron chi connectivity index (χ4n) is 7.84. The molecule has 4 N–H and O–H groups in total. The van der Waals surface area contributed by atoms with E-state index in [2.05, 4.69) is 0 Å². The van der Waals surface area contributed by atoms with Crippen LogP contribution in [0.1, 0.15) is 81.6 Å². The van der Waals surface area contributed by atoms with Gasteiger partial charge in [0.2, 0.25) is 0 Å². The topological polar surface area (TPSA) is 157 Å². The molecule has 3 rings (SSSR count). The molecule has 0 amide bonds. The van der Waals surface area contributed by atoms with Crippen molar-refractivity contribution in [1.82, 2.24) is 4.90 Å². The van der Waals surface area contributed by atoms with Crippen LogP contribution in [0.4, 0.5) is 0 Å². The molecule has 47 heavy (non-hydrogen) atoms. The van der Waals surface area contributed by atoms with Gasteiger partial charge in [0.05, 0.1) is 48.6 Å². The molecule has 3 aliphatic heterocycles. The molecule has 12 nitrogen and oxygen atoms in total. The maximum atomic E-state index is 13.8. The molecular weight excluding hydrogens is 610 g/mol. The number of hydrogen-bond acceptors (Lipinski definition) is 12. The second kappa shape index (κ2) is 17.3. The number of rotatable bonds is 6. The van der Waals surface area contributed by atoms with E-state index in [0.717, 1.165) is 0 Å². The Morgan fingerprint density at radius 2 is 1.32 bits per heavy atom. The Balaban J connectivity index is 2.06. The molecule has 0 bridgehead atoms. The Kier molecular flexibility index (Phi) is 14.9. The first-order valence-electron chi connectivity index (χ1n) is 17.6. The maximum Gasteiger partial charge on any atom is 0.311 e. The summed E-state index contributed by atoms with van der Waals surface area (Å²) in [6, 6.07) is -0.185. The van der Waals surface area contributed by atoms with Crippen LogP contribution < -0.4 is 0 Å². The van der Waals surface area contributed by atoms with E-state index in [1.807, 2.05) is 60.5 Å². The van der Waals surface area contributed by atoms with Gasteiger partial charge in [-0.3, -0.25) is 4.79 Å². The van der Waals surface area contributed by atoms with Crippen LogP contribution in [0.2, 0.25) is 0 Å². The van der Waals surface area contributed by atoms with E-state index in [-0.39, 0.29) is 30.4 Å². The highest BCUT2D eigenvalue weighted by Gasteiger charge is 2.47. The molecule has 0 radical (unpaired) electrons. The third-order valence-corrected chi connectivity index (χ3v) is 11.3. The first-order valence-corrected chi connectivity index (χ1v) is 17.6. The number of aliphatic hydroxyl groups is 4. The van der Waals surface area contributed by atoms with Crippen LogP contribution in [0, 0.1) is 35.5 Å². The summed E-state index contributed by atoms with van der Waals surface area (Å²) < 4.78 is 37.2. The highest BCUT2D eigenvalue weighted by atomic mass is 16.7. The number of hydrogen-bond donors (Lipinski definition) is 4. The molecule has 12 heteroatoms. The van der Waals surface area contributed by atoms with Gasteiger partial charge in [-0.25, -0.2) is 0 Å². The third-order valence-electron chi connectivity index (χ3n) is 11.3. The standard InChI is InChI=1S/C35H65NO11/c1-16-13-17(2)32(47-35-31(40)25(36(10)11)14-18(3)43-35)21(6)33(46-27-15-26(42-12)30(39)24(9)44-27)22(7)34(41)45-23(8)19(4)29(38)20(5)28(16)37/h16-33,35,37-40H,13-15H2,1-12H3/t16-,17+,18-,19+,20+,21-,22-,23-,24+,25+,26+,27+,28-,29+,30+,31-,32+,33+,35+/m1/s1. The van der Waals surface area contributed by atoms with E-state index >= 15 is 0 Å². The van der Waals surface area contributed by atoms with Crippen LogP contribution in [0.25, 0.3) is 0 Å². The number of aliphatic hydroxyl groups excluding tert-OH is 4. The fraction of sp³-hybridized carbons (Fsp3) is 0.971. The highest BCUT2D eigenvalue weighted by Crippen LogP contribution is 2.38. The Labute approximate surface area is 282 Å². The number of cyclic esters (lactones) is 1. The molecule has 3 fully saturated rings. The minimum atomic E-state index is -0.941. The minimum absolute atomic E-state index is 0.165. The van der Waals surface area contributed by atoms with Gasteiger partial charge < -0.3 is 53.7 Å². The molecule has 0 saturated carbocycles. The zero-order valence-corrected chi connectivity index (χ0v) is 30.7. The lowest BCUT2D eigenvalue weighted by Gasteiger charge is -2.46. The number of carbonyl (C=O) groups excluding carboxylic acids is 1. The van der Waals surface area contributed by atoms with Gasteiger partial charge in [-0.15, -0.1) is 0 Å². The number of carbonyl (C=O) groups is 1.